The summed E-state index contributed by atoms with van der Waals surface area (Å²) < 4.78 is 5.36. The highest BCUT2D eigenvalue weighted by Crippen LogP contribution is 2.12. The second kappa shape index (κ2) is 7.71. The van der Waals surface area contributed by atoms with Crippen LogP contribution in [-0.4, -0.2) is 19.1 Å². The van der Waals surface area contributed by atoms with Gasteiger partial charge in [0.25, 0.3) is 0 Å². The topological polar surface area (TPSA) is 64.3 Å². The number of carbonyl (C=O) groups excluding carboxylic acids is 1. The van der Waals surface area contributed by atoms with Gasteiger partial charge in [-0.05, 0) is 37.6 Å². The van der Waals surface area contributed by atoms with E-state index in [9.17, 15) is 4.79 Å². The van der Waals surface area contributed by atoms with Gasteiger partial charge in [0.1, 0.15) is 5.75 Å². The highest BCUT2D eigenvalue weighted by Gasteiger charge is 2.10. The Morgan fingerprint density at radius 2 is 2.06 bits per heavy atom. The Morgan fingerprint density at radius 3 is 2.61 bits per heavy atom. The summed E-state index contributed by atoms with van der Waals surface area (Å²) in [5, 5.41) is 2.90. The second-order valence-corrected chi connectivity index (χ2v) is 4.27. The van der Waals surface area contributed by atoms with Crippen molar-refractivity contribution < 1.29 is 9.53 Å². The van der Waals surface area contributed by atoms with Crippen LogP contribution in [0, 0.1) is 5.92 Å². The Morgan fingerprint density at radius 1 is 1.39 bits per heavy atom. The summed E-state index contributed by atoms with van der Waals surface area (Å²) in [5.41, 5.74) is 6.49. The molecular formula is C14H22N2O2. The number of nitrogens with two attached hydrogens (primary N) is 1. The first-order chi connectivity index (χ1) is 8.67. The SMILES string of the molecule is CCOc1ccc(CNC(=O)C(C)CCN)cc1. The molecule has 1 unspecified atom stereocenters. The molecule has 0 aliphatic carbocycles. The largest absolute Gasteiger partial charge is 0.494 e. The molecule has 4 nitrogen and oxygen atoms in total. The van der Waals surface area contributed by atoms with Gasteiger partial charge in [-0.3, -0.25) is 4.79 Å². The summed E-state index contributed by atoms with van der Waals surface area (Å²) in [7, 11) is 0. The molecular weight excluding hydrogens is 228 g/mol. The molecule has 0 heterocycles. The molecule has 0 radical (unpaired) electrons. The lowest BCUT2D eigenvalue weighted by molar-refractivity contribution is -0.124. The lowest BCUT2D eigenvalue weighted by Crippen LogP contribution is -2.29. The number of carbonyl (C=O) groups is 1. The number of ether oxygens (including phenoxy) is 1. The normalized spacial score (nSPS) is 11.9. The maximum Gasteiger partial charge on any atom is 0.223 e. The van der Waals surface area contributed by atoms with Crippen LogP contribution in [0.5, 0.6) is 5.75 Å². The molecule has 1 rings (SSSR count). The number of benzene rings is 1. The van der Waals surface area contributed by atoms with Crippen molar-refractivity contribution in [3.63, 3.8) is 0 Å². The van der Waals surface area contributed by atoms with E-state index in [1.807, 2.05) is 38.1 Å². The van der Waals surface area contributed by atoms with E-state index < -0.39 is 0 Å². The van der Waals surface area contributed by atoms with Gasteiger partial charge in [-0.15, -0.1) is 0 Å². The molecule has 1 amide bonds. The van der Waals surface area contributed by atoms with Gasteiger partial charge >= 0.3 is 0 Å². The minimum absolute atomic E-state index is 0.0299. The molecule has 0 aromatic heterocycles. The standard InChI is InChI=1S/C14H22N2O2/c1-3-18-13-6-4-12(5-7-13)10-16-14(17)11(2)8-9-15/h4-7,11H,3,8-10,15H2,1-2H3,(H,16,17). The van der Waals surface area contributed by atoms with Crippen LogP contribution >= 0.6 is 0 Å². The number of hydrogen-bond donors (Lipinski definition) is 2. The van der Waals surface area contributed by atoms with E-state index in [0.717, 1.165) is 17.7 Å². The molecule has 3 N–H and O–H groups in total. The molecule has 0 aliphatic heterocycles. The maximum atomic E-state index is 11.7. The first-order valence-corrected chi connectivity index (χ1v) is 6.37. The molecule has 0 saturated heterocycles. The summed E-state index contributed by atoms with van der Waals surface area (Å²) in [4.78, 5) is 11.7. The third-order valence-electron chi connectivity index (χ3n) is 2.75. The van der Waals surface area contributed by atoms with Crippen molar-refractivity contribution in [1.82, 2.24) is 5.32 Å². The number of nitrogens with one attached hydrogen (secondary N) is 1. The second-order valence-electron chi connectivity index (χ2n) is 4.27. The highest BCUT2D eigenvalue weighted by molar-refractivity contribution is 5.78. The van der Waals surface area contributed by atoms with Gasteiger partial charge in [-0.1, -0.05) is 19.1 Å². The average Bonchev–Trinajstić information content (AvgIpc) is 2.38. The third kappa shape index (κ3) is 4.75. The Balaban J connectivity index is 2.41. The van der Waals surface area contributed by atoms with Crippen molar-refractivity contribution in [2.24, 2.45) is 11.7 Å². The fourth-order valence-corrected chi connectivity index (χ4v) is 1.61. The monoisotopic (exact) mass is 250 g/mol. The fourth-order valence-electron chi connectivity index (χ4n) is 1.61. The van der Waals surface area contributed by atoms with Crippen LogP contribution in [-0.2, 0) is 11.3 Å². The Kier molecular flexibility index (Phi) is 6.22. The van der Waals surface area contributed by atoms with Gasteiger partial charge < -0.3 is 15.8 Å². The lowest BCUT2D eigenvalue weighted by atomic mass is 10.1. The van der Waals surface area contributed by atoms with Crippen molar-refractivity contribution in [1.29, 1.82) is 0 Å². The predicted octanol–water partition coefficient (Wildman–Crippen LogP) is 1.69. The van der Waals surface area contributed by atoms with Crippen molar-refractivity contribution >= 4 is 5.91 Å². The van der Waals surface area contributed by atoms with E-state index in [4.69, 9.17) is 10.5 Å². The molecule has 0 aliphatic rings. The molecule has 100 valence electrons. The predicted molar refractivity (Wildman–Crippen MR) is 72.3 cm³/mol. The first kappa shape index (κ1) is 14.5. The molecule has 4 heteroatoms. The summed E-state index contributed by atoms with van der Waals surface area (Å²) in [6.45, 7) is 5.58. The van der Waals surface area contributed by atoms with Crippen molar-refractivity contribution in [2.45, 2.75) is 26.8 Å². The van der Waals surface area contributed by atoms with Crippen LogP contribution in [0.1, 0.15) is 25.8 Å². The summed E-state index contributed by atoms with van der Waals surface area (Å²) in [5.74, 6) is 0.871. The van der Waals surface area contributed by atoms with E-state index in [2.05, 4.69) is 5.32 Å². The molecule has 0 spiro atoms. The van der Waals surface area contributed by atoms with E-state index in [0.29, 0.717) is 19.7 Å². The van der Waals surface area contributed by atoms with Gasteiger partial charge in [-0.2, -0.15) is 0 Å². The Bertz CT molecular complexity index is 363. The Hall–Kier alpha value is -1.55. The Labute approximate surface area is 109 Å². The maximum absolute atomic E-state index is 11.7. The van der Waals surface area contributed by atoms with Gasteiger partial charge in [0, 0.05) is 12.5 Å². The van der Waals surface area contributed by atoms with Crippen molar-refractivity contribution in [3.8, 4) is 5.75 Å². The molecule has 0 saturated carbocycles. The number of hydrogen-bond acceptors (Lipinski definition) is 3. The van der Waals surface area contributed by atoms with E-state index in [1.54, 1.807) is 0 Å². The molecule has 1 atom stereocenters. The summed E-state index contributed by atoms with van der Waals surface area (Å²) in [6, 6.07) is 7.74. The van der Waals surface area contributed by atoms with Gasteiger partial charge in [-0.25, -0.2) is 0 Å². The van der Waals surface area contributed by atoms with Crippen LogP contribution < -0.4 is 15.8 Å². The molecule has 1 aromatic carbocycles. The third-order valence-corrected chi connectivity index (χ3v) is 2.75. The zero-order valence-electron chi connectivity index (χ0n) is 11.1. The highest BCUT2D eigenvalue weighted by atomic mass is 16.5. The van der Waals surface area contributed by atoms with Crippen LogP contribution in [0.2, 0.25) is 0 Å². The van der Waals surface area contributed by atoms with Crippen LogP contribution in [0.15, 0.2) is 24.3 Å². The van der Waals surface area contributed by atoms with E-state index in [1.165, 1.54) is 0 Å². The average molecular weight is 250 g/mol. The quantitative estimate of drug-likeness (QED) is 0.774. The van der Waals surface area contributed by atoms with Gasteiger partial charge in [0.2, 0.25) is 5.91 Å². The summed E-state index contributed by atoms with van der Waals surface area (Å²) in [6.07, 6.45) is 0.717. The van der Waals surface area contributed by atoms with E-state index in [-0.39, 0.29) is 11.8 Å². The smallest absolute Gasteiger partial charge is 0.223 e. The lowest BCUT2D eigenvalue weighted by Gasteiger charge is -2.11. The zero-order valence-corrected chi connectivity index (χ0v) is 11.1. The van der Waals surface area contributed by atoms with Crippen LogP contribution in [0.25, 0.3) is 0 Å². The number of amides is 1. The summed E-state index contributed by atoms with van der Waals surface area (Å²) >= 11 is 0. The minimum atomic E-state index is -0.0299. The van der Waals surface area contributed by atoms with Crippen molar-refractivity contribution in [2.75, 3.05) is 13.2 Å². The molecule has 0 fully saturated rings. The molecule has 1 aromatic rings. The van der Waals surface area contributed by atoms with E-state index >= 15 is 0 Å². The zero-order chi connectivity index (χ0) is 13.4. The molecule has 18 heavy (non-hydrogen) atoms. The van der Waals surface area contributed by atoms with Crippen LogP contribution in [0.3, 0.4) is 0 Å². The van der Waals surface area contributed by atoms with Crippen LogP contribution in [0.4, 0.5) is 0 Å². The molecule has 0 bridgehead atoms. The van der Waals surface area contributed by atoms with Gasteiger partial charge in [0.05, 0.1) is 6.61 Å². The minimum Gasteiger partial charge on any atom is -0.494 e. The first-order valence-electron chi connectivity index (χ1n) is 6.37. The fraction of sp³-hybridized carbons (Fsp3) is 0.500. The van der Waals surface area contributed by atoms with Crippen molar-refractivity contribution in [3.05, 3.63) is 29.8 Å². The number of rotatable bonds is 7. The van der Waals surface area contributed by atoms with Gasteiger partial charge in [0.15, 0.2) is 0 Å².